The van der Waals surface area contributed by atoms with Gasteiger partial charge in [-0.3, -0.25) is 9.59 Å². The summed E-state index contributed by atoms with van der Waals surface area (Å²) in [6.07, 6.45) is 6.15. The fourth-order valence-corrected chi connectivity index (χ4v) is 3.96. The summed E-state index contributed by atoms with van der Waals surface area (Å²) in [5.41, 5.74) is 7.19. The third-order valence-corrected chi connectivity index (χ3v) is 5.50. The molecule has 1 saturated carbocycles. The number of benzene rings is 1. The molecular formula is C20H29N3O2. The van der Waals surface area contributed by atoms with E-state index in [9.17, 15) is 9.59 Å². The first-order valence-corrected chi connectivity index (χ1v) is 9.49. The van der Waals surface area contributed by atoms with Gasteiger partial charge < -0.3 is 15.5 Å². The summed E-state index contributed by atoms with van der Waals surface area (Å²) in [5.74, 6) is 0.825. The van der Waals surface area contributed by atoms with E-state index in [1.165, 1.54) is 25.7 Å². The van der Waals surface area contributed by atoms with Crippen molar-refractivity contribution in [3.8, 4) is 0 Å². The van der Waals surface area contributed by atoms with Gasteiger partial charge in [-0.25, -0.2) is 0 Å². The van der Waals surface area contributed by atoms with E-state index >= 15 is 0 Å². The van der Waals surface area contributed by atoms with Crippen molar-refractivity contribution in [1.82, 2.24) is 9.80 Å². The second-order valence-electron chi connectivity index (χ2n) is 7.36. The van der Waals surface area contributed by atoms with Gasteiger partial charge in [-0.05, 0) is 30.7 Å². The molecule has 1 heterocycles. The standard InChI is InChI=1S/C20H29N3O2/c21-18(14-16-6-2-1-3-7-16)20(25)23-12-10-22(11-13-23)19(24)15-17-8-4-5-9-17/h1-3,6-7,17-18H,4-5,8-15,21H2/t18-/m0/s1. The number of rotatable bonds is 5. The summed E-state index contributed by atoms with van der Waals surface area (Å²) in [6.45, 7) is 2.46. The highest BCUT2D eigenvalue weighted by Gasteiger charge is 2.28. The smallest absolute Gasteiger partial charge is 0.239 e. The monoisotopic (exact) mass is 343 g/mol. The predicted molar refractivity (Wildman–Crippen MR) is 97.9 cm³/mol. The van der Waals surface area contributed by atoms with Crippen LogP contribution in [-0.2, 0) is 16.0 Å². The second kappa shape index (κ2) is 8.48. The SMILES string of the molecule is N[C@@H](Cc1ccccc1)C(=O)N1CCN(C(=O)CC2CCCC2)CC1. The molecule has 1 atom stereocenters. The Morgan fingerprint density at radius 3 is 2.24 bits per heavy atom. The van der Waals surface area contributed by atoms with E-state index < -0.39 is 6.04 Å². The third kappa shape index (κ3) is 4.82. The molecule has 1 aliphatic heterocycles. The van der Waals surface area contributed by atoms with Crippen LogP contribution in [0.25, 0.3) is 0 Å². The molecule has 0 radical (unpaired) electrons. The van der Waals surface area contributed by atoms with Gasteiger partial charge in [0.2, 0.25) is 11.8 Å². The van der Waals surface area contributed by atoms with Crippen LogP contribution in [0.4, 0.5) is 0 Å². The first-order chi connectivity index (χ1) is 12.1. The molecule has 1 aliphatic carbocycles. The quantitative estimate of drug-likeness (QED) is 0.887. The number of hydrogen-bond donors (Lipinski definition) is 1. The van der Waals surface area contributed by atoms with Crippen LogP contribution in [-0.4, -0.2) is 53.8 Å². The normalized spacial score (nSPS) is 19.9. The van der Waals surface area contributed by atoms with Crippen LogP contribution in [0.5, 0.6) is 0 Å². The molecule has 0 unspecified atom stereocenters. The average molecular weight is 343 g/mol. The van der Waals surface area contributed by atoms with Crippen LogP contribution in [0.1, 0.15) is 37.7 Å². The zero-order chi connectivity index (χ0) is 17.6. The van der Waals surface area contributed by atoms with Crippen molar-refractivity contribution in [3.05, 3.63) is 35.9 Å². The molecule has 1 aromatic rings. The van der Waals surface area contributed by atoms with Crippen molar-refractivity contribution < 1.29 is 9.59 Å². The maximum absolute atomic E-state index is 12.6. The summed E-state index contributed by atoms with van der Waals surface area (Å²) in [6, 6.07) is 9.35. The van der Waals surface area contributed by atoms with Crippen LogP contribution in [0, 0.1) is 5.92 Å². The Labute approximate surface area is 150 Å². The zero-order valence-electron chi connectivity index (χ0n) is 14.9. The number of nitrogens with two attached hydrogens (primary N) is 1. The van der Waals surface area contributed by atoms with Crippen LogP contribution in [0.15, 0.2) is 30.3 Å². The van der Waals surface area contributed by atoms with Gasteiger partial charge in [-0.2, -0.15) is 0 Å². The minimum absolute atomic E-state index is 0.00764. The topological polar surface area (TPSA) is 66.6 Å². The Morgan fingerprint density at radius 1 is 1.00 bits per heavy atom. The van der Waals surface area contributed by atoms with E-state index in [-0.39, 0.29) is 11.8 Å². The molecule has 2 fully saturated rings. The maximum atomic E-state index is 12.6. The van der Waals surface area contributed by atoms with Gasteiger partial charge >= 0.3 is 0 Å². The van der Waals surface area contributed by atoms with Crippen molar-refractivity contribution >= 4 is 11.8 Å². The molecule has 5 nitrogen and oxygen atoms in total. The molecule has 136 valence electrons. The summed E-state index contributed by atoms with van der Waals surface area (Å²) >= 11 is 0. The van der Waals surface area contributed by atoms with Gasteiger partial charge in [-0.15, -0.1) is 0 Å². The zero-order valence-corrected chi connectivity index (χ0v) is 14.9. The van der Waals surface area contributed by atoms with Gasteiger partial charge in [0.1, 0.15) is 0 Å². The molecule has 0 bridgehead atoms. The summed E-state index contributed by atoms with van der Waals surface area (Å²) in [4.78, 5) is 28.7. The van der Waals surface area contributed by atoms with Crippen molar-refractivity contribution in [3.63, 3.8) is 0 Å². The van der Waals surface area contributed by atoms with Crippen LogP contribution in [0.2, 0.25) is 0 Å². The van der Waals surface area contributed by atoms with Gasteiger partial charge in [0.05, 0.1) is 6.04 Å². The highest BCUT2D eigenvalue weighted by Crippen LogP contribution is 2.28. The van der Waals surface area contributed by atoms with E-state index in [2.05, 4.69) is 0 Å². The molecule has 25 heavy (non-hydrogen) atoms. The minimum atomic E-state index is -0.511. The number of amides is 2. The number of nitrogens with zero attached hydrogens (tertiary/aromatic N) is 2. The molecule has 0 aromatic heterocycles. The van der Waals surface area contributed by atoms with E-state index in [0.717, 1.165) is 5.56 Å². The van der Waals surface area contributed by atoms with Crippen LogP contribution in [0.3, 0.4) is 0 Å². The van der Waals surface area contributed by atoms with Crippen LogP contribution >= 0.6 is 0 Å². The number of piperazine rings is 1. The Morgan fingerprint density at radius 2 is 1.60 bits per heavy atom. The Hall–Kier alpha value is -1.88. The summed E-state index contributed by atoms with van der Waals surface area (Å²) in [7, 11) is 0. The van der Waals surface area contributed by atoms with Gasteiger partial charge in [0.25, 0.3) is 0 Å². The van der Waals surface area contributed by atoms with E-state index in [4.69, 9.17) is 5.73 Å². The molecule has 1 saturated heterocycles. The second-order valence-corrected chi connectivity index (χ2v) is 7.36. The van der Waals surface area contributed by atoms with Gasteiger partial charge in [0, 0.05) is 32.6 Å². The molecule has 3 rings (SSSR count). The lowest BCUT2D eigenvalue weighted by Gasteiger charge is -2.36. The summed E-state index contributed by atoms with van der Waals surface area (Å²) < 4.78 is 0. The molecule has 5 heteroatoms. The van der Waals surface area contributed by atoms with Crippen molar-refractivity contribution in [2.24, 2.45) is 11.7 Å². The lowest BCUT2D eigenvalue weighted by Crippen LogP contribution is -2.54. The van der Waals surface area contributed by atoms with Gasteiger partial charge in [0.15, 0.2) is 0 Å². The molecular weight excluding hydrogens is 314 g/mol. The maximum Gasteiger partial charge on any atom is 0.239 e. The van der Waals surface area contributed by atoms with Crippen LogP contribution < -0.4 is 5.73 Å². The Bertz CT molecular complexity index is 576. The Kier molecular flexibility index (Phi) is 6.08. The van der Waals surface area contributed by atoms with Crippen molar-refractivity contribution in [2.75, 3.05) is 26.2 Å². The van der Waals surface area contributed by atoms with Crippen molar-refractivity contribution in [1.29, 1.82) is 0 Å². The Balaban J connectivity index is 1.44. The largest absolute Gasteiger partial charge is 0.339 e. The van der Waals surface area contributed by atoms with E-state index in [1.807, 2.05) is 40.1 Å². The van der Waals surface area contributed by atoms with Crippen molar-refractivity contribution in [2.45, 2.75) is 44.6 Å². The van der Waals surface area contributed by atoms with Gasteiger partial charge in [-0.1, -0.05) is 43.2 Å². The number of hydrogen-bond acceptors (Lipinski definition) is 3. The summed E-state index contributed by atoms with van der Waals surface area (Å²) in [5, 5.41) is 0. The number of carbonyl (C=O) groups is 2. The fourth-order valence-electron chi connectivity index (χ4n) is 3.96. The molecule has 1 aromatic carbocycles. The highest BCUT2D eigenvalue weighted by atomic mass is 16.2. The first kappa shape index (κ1) is 17.9. The average Bonchev–Trinajstić information content (AvgIpc) is 3.15. The predicted octanol–water partition coefficient (Wildman–Crippen LogP) is 1.81. The fraction of sp³-hybridized carbons (Fsp3) is 0.600. The molecule has 0 spiro atoms. The lowest BCUT2D eigenvalue weighted by molar-refractivity contribution is -0.140. The molecule has 2 amide bonds. The molecule has 2 N–H and O–H groups in total. The van der Waals surface area contributed by atoms with E-state index in [0.29, 0.717) is 44.9 Å². The minimum Gasteiger partial charge on any atom is -0.339 e. The number of carbonyl (C=O) groups excluding carboxylic acids is 2. The lowest BCUT2D eigenvalue weighted by atomic mass is 10.0. The molecule has 2 aliphatic rings. The first-order valence-electron chi connectivity index (χ1n) is 9.49. The third-order valence-electron chi connectivity index (χ3n) is 5.50. The highest BCUT2D eigenvalue weighted by molar-refractivity contribution is 5.82. The van der Waals surface area contributed by atoms with E-state index in [1.54, 1.807) is 0 Å².